The van der Waals surface area contributed by atoms with E-state index in [4.69, 9.17) is 5.26 Å². The summed E-state index contributed by atoms with van der Waals surface area (Å²) in [6, 6.07) is 3.79. The minimum atomic E-state index is -0.228. The highest BCUT2D eigenvalue weighted by Gasteiger charge is 2.09. The molecule has 0 atom stereocenters. The van der Waals surface area contributed by atoms with E-state index in [9.17, 15) is 4.79 Å². The molecule has 1 aromatic heterocycles. The van der Waals surface area contributed by atoms with Crippen LogP contribution in [-0.2, 0) is 12.8 Å². The molecule has 0 spiro atoms. The zero-order chi connectivity index (χ0) is 13.5. The first-order chi connectivity index (χ1) is 9.31. The van der Waals surface area contributed by atoms with E-state index in [1.165, 1.54) is 44.1 Å². The van der Waals surface area contributed by atoms with Crippen molar-refractivity contribution in [3.05, 3.63) is 33.2 Å². The Bertz CT molecular complexity index is 510. The molecule has 1 aliphatic carbocycles. The molecule has 19 heavy (non-hydrogen) atoms. The predicted octanol–water partition coefficient (Wildman–Crippen LogP) is 3.47. The second-order valence-corrected chi connectivity index (χ2v) is 5.46. The van der Waals surface area contributed by atoms with Crippen LogP contribution in [0, 0.1) is 11.3 Å². The topological polar surface area (TPSA) is 56.6 Å². The number of hydrogen-bond donors (Lipinski definition) is 1. The van der Waals surface area contributed by atoms with Crippen molar-refractivity contribution < 1.29 is 0 Å². The molecule has 3 nitrogen and oxygen atoms in total. The summed E-state index contributed by atoms with van der Waals surface area (Å²) in [7, 11) is 0. The van der Waals surface area contributed by atoms with Gasteiger partial charge in [-0.1, -0.05) is 38.5 Å². The highest BCUT2D eigenvalue weighted by atomic mass is 16.1. The number of aromatic amines is 1. The number of aromatic nitrogens is 1. The van der Waals surface area contributed by atoms with E-state index in [0.717, 1.165) is 31.4 Å². The largest absolute Gasteiger partial charge is 0.325 e. The van der Waals surface area contributed by atoms with Crippen molar-refractivity contribution in [2.24, 2.45) is 0 Å². The van der Waals surface area contributed by atoms with Gasteiger partial charge >= 0.3 is 0 Å². The fraction of sp³-hybridized carbons (Fsp3) is 0.625. The van der Waals surface area contributed by atoms with Crippen molar-refractivity contribution in [2.75, 3.05) is 0 Å². The smallest absolute Gasteiger partial charge is 0.266 e. The standard InChI is InChI=1S/C16H22N2O/c17-12-14-11-13-9-7-5-3-1-2-4-6-8-10-15(13)18-16(14)19/h11H,1-10H2,(H,18,19). The van der Waals surface area contributed by atoms with Crippen LogP contribution in [-0.4, -0.2) is 4.98 Å². The van der Waals surface area contributed by atoms with Crippen LogP contribution in [0.15, 0.2) is 10.9 Å². The monoisotopic (exact) mass is 258 g/mol. The molecule has 1 heterocycles. The number of rotatable bonds is 0. The summed E-state index contributed by atoms with van der Waals surface area (Å²) in [5.74, 6) is 0. The number of nitriles is 1. The second-order valence-electron chi connectivity index (χ2n) is 5.46. The number of H-pyrrole nitrogens is 1. The summed E-state index contributed by atoms with van der Waals surface area (Å²) in [5.41, 5.74) is 2.26. The van der Waals surface area contributed by atoms with E-state index >= 15 is 0 Å². The van der Waals surface area contributed by atoms with Gasteiger partial charge in [-0.05, 0) is 37.3 Å². The van der Waals surface area contributed by atoms with Crippen LogP contribution in [0.2, 0.25) is 0 Å². The van der Waals surface area contributed by atoms with Crippen LogP contribution in [0.25, 0.3) is 0 Å². The maximum atomic E-state index is 11.7. The Labute approximate surface area is 114 Å². The summed E-state index contributed by atoms with van der Waals surface area (Å²) in [4.78, 5) is 14.6. The summed E-state index contributed by atoms with van der Waals surface area (Å²) in [6.45, 7) is 0. The van der Waals surface area contributed by atoms with Gasteiger partial charge in [0.25, 0.3) is 5.56 Å². The molecule has 1 aromatic rings. The lowest BCUT2D eigenvalue weighted by molar-refractivity contribution is 0.556. The Balaban J connectivity index is 2.21. The van der Waals surface area contributed by atoms with Crippen molar-refractivity contribution in [3.63, 3.8) is 0 Å². The molecule has 0 bridgehead atoms. The average molecular weight is 258 g/mol. The molecular formula is C16H22N2O. The summed E-state index contributed by atoms with van der Waals surface area (Å²) < 4.78 is 0. The number of hydrogen-bond acceptors (Lipinski definition) is 2. The Morgan fingerprint density at radius 3 is 2.16 bits per heavy atom. The minimum absolute atomic E-state index is 0.228. The van der Waals surface area contributed by atoms with Crippen molar-refractivity contribution in [3.8, 4) is 6.07 Å². The molecule has 0 fully saturated rings. The van der Waals surface area contributed by atoms with Gasteiger partial charge in [0.1, 0.15) is 11.6 Å². The Morgan fingerprint density at radius 2 is 1.53 bits per heavy atom. The van der Waals surface area contributed by atoms with Gasteiger partial charge < -0.3 is 4.98 Å². The lowest BCUT2D eigenvalue weighted by atomic mass is 9.97. The molecule has 2 rings (SSSR count). The molecular weight excluding hydrogens is 236 g/mol. The summed E-state index contributed by atoms with van der Waals surface area (Å²) in [6.07, 6.45) is 12.0. The quantitative estimate of drug-likeness (QED) is 0.774. The van der Waals surface area contributed by atoms with Crippen molar-refractivity contribution >= 4 is 0 Å². The Kier molecular flexibility index (Phi) is 5.20. The lowest BCUT2D eigenvalue weighted by Crippen LogP contribution is -2.15. The van der Waals surface area contributed by atoms with Crippen molar-refractivity contribution in [1.29, 1.82) is 5.26 Å². The normalized spacial score (nSPS) is 17.6. The SMILES string of the molecule is N#Cc1cc2c([nH]c1=O)CCCCCCCCCC2. The summed E-state index contributed by atoms with van der Waals surface area (Å²) >= 11 is 0. The Morgan fingerprint density at radius 1 is 0.947 bits per heavy atom. The van der Waals surface area contributed by atoms with Crippen LogP contribution in [0.4, 0.5) is 0 Å². The molecule has 0 aliphatic heterocycles. The van der Waals surface area contributed by atoms with Crippen molar-refractivity contribution in [2.45, 2.75) is 64.2 Å². The van der Waals surface area contributed by atoms with E-state index < -0.39 is 0 Å². The summed E-state index contributed by atoms with van der Waals surface area (Å²) in [5, 5.41) is 8.96. The molecule has 0 amide bonds. The lowest BCUT2D eigenvalue weighted by Gasteiger charge is -2.11. The van der Waals surface area contributed by atoms with Gasteiger partial charge in [-0.15, -0.1) is 0 Å². The first kappa shape index (κ1) is 13.9. The van der Waals surface area contributed by atoms with Crippen LogP contribution in [0.5, 0.6) is 0 Å². The number of nitrogens with zero attached hydrogens (tertiary/aromatic N) is 1. The molecule has 0 unspecified atom stereocenters. The predicted molar refractivity (Wildman–Crippen MR) is 76.1 cm³/mol. The number of aryl methyl sites for hydroxylation is 2. The van der Waals surface area contributed by atoms with E-state index in [1.54, 1.807) is 6.07 Å². The average Bonchev–Trinajstić information content (AvgIpc) is 2.40. The first-order valence-electron chi connectivity index (χ1n) is 7.46. The van der Waals surface area contributed by atoms with E-state index in [0.29, 0.717) is 0 Å². The highest BCUT2D eigenvalue weighted by molar-refractivity contribution is 5.33. The van der Waals surface area contributed by atoms with Gasteiger partial charge in [0.2, 0.25) is 0 Å². The van der Waals surface area contributed by atoms with Gasteiger partial charge in [-0.3, -0.25) is 4.79 Å². The van der Waals surface area contributed by atoms with Gasteiger partial charge in [0.15, 0.2) is 0 Å². The molecule has 3 heteroatoms. The van der Waals surface area contributed by atoms with E-state index in [2.05, 4.69) is 4.98 Å². The zero-order valence-corrected chi connectivity index (χ0v) is 11.5. The van der Waals surface area contributed by atoms with Gasteiger partial charge in [-0.25, -0.2) is 0 Å². The number of fused-ring (bicyclic) bond motifs is 1. The molecule has 102 valence electrons. The maximum Gasteiger partial charge on any atom is 0.266 e. The second kappa shape index (κ2) is 7.13. The van der Waals surface area contributed by atoms with Crippen LogP contribution in [0.3, 0.4) is 0 Å². The van der Waals surface area contributed by atoms with Crippen LogP contribution < -0.4 is 5.56 Å². The molecule has 0 saturated heterocycles. The molecule has 0 radical (unpaired) electrons. The fourth-order valence-corrected chi connectivity index (χ4v) is 2.82. The van der Waals surface area contributed by atoms with E-state index in [1.807, 2.05) is 6.07 Å². The zero-order valence-electron chi connectivity index (χ0n) is 11.5. The molecule has 0 aromatic carbocycles. The third-order valence-electron chi connectivity index (χ3n) is 3.96. The number of pyridine rings is 1. The van der Waals surface area contributed by atoms with Crippen LogP contribution in [0.1, 0.15) is 68.2 Å². The number of nitrogens with one attached hydrogen (secondary N) is 1. The third kappa shape index (κ3) is 3.96. The van der Waals surface area contributed by atoms with E-state index in [-0.39, 0.29) is 11.1 Å². The molecule has 0 saturated carbocycles. The minimum Gasteiger partial charge on any atom is -0.325 e. The molecule has 1 aliphatic rings. The first-order valence-corrected chi connectivity index (χ1v) is 7.46. The maximum absolute atomic E-state index is 11.7. The third-order valence-corrected chi connectivity index (χ3v) is 3.96. The van der Waals surface area contributed by atoms with Crippen molar-refractivity contribution in [1.82, 2.24) is 4.98 Å². The van der Waals surface area contributed by atoms with Gasteiger partial charge in [-0.2, -0.15) is 5.26 Å². The Hall–Kier alpha value is -1.56. The van der Waals surface area contributed by atoms with Gasteiger partial charge in [0, 0.05) is 5.69 Å². The molecule has 1 N–H and O–H groups in total. The van der Waals surface area contributed by atoms with Crippen LogP contribution >= 0.6 is 0 Å². The highest BCUT2D eigenvalue weighted by Crippen LogP contribution is 2.17. The van der Waals surface area contributed by atoms with Gasteiger partial charge in [0.05, 0.1) is 0 Å². The fourth-order valence-electron chi connectivity index (χ4n) is 2.82.